The van der Waals surface area contributed by atoms with E-state index in [0.717, 1.165) is 58.3 Å². The predicted molar refractivity (Wildman–Crippen MR) is 126 cm³/mol. The van der Waals surface area contributed by atoms with Gasteiger partial charge in [0.15, 0.2) is 0 Å². The number of hydrazine groups is 1. The topological polar surface area (TPSA) is 77.2 Å². The Morgan fingerprint density at radius 2 is 1.70 bits per heavy atom. The first-order chi connectivity index (χ1) is 15.9. The highest BCUT2D eigenvalue weighted by Crippen LogP contribution is 2.42. The molecule has 5 aliphatic rings. The second kappa shape index (κ2) is 9.70. The van der Waals surface area contributed by atoms with E-state index in [9.17, 15) is 9.59 Å². The Labute approximate surface area is 198 Å². The number of hydrogen-bond donors (Lipinski definition) is 2. The summed E-state index contributed by atoms with van der Waals surface area (Å²) in [6.45, 7) is 10.9. The molecule has 0 radical (unpaired) electrons. The highest BCUT2D eigenvalue weighted by atomic mass is 16.6. The third-order valence-corrected chi connectivity index (χ3v) is 8.67. The molecule has 33 heavy (non-hydrogen) atoms. The van der Waals surface area contributed by atoms with Crippen LogP contribution in [-0.2, 0) is 9.53 Å². The SMILES string of the molecule is CC(C)OC(=O)N1C[C@H](C)N(C(=O)C2CC2)C2CCC(C3CNN(C4CCNCC4)C3)CC21. The van der Waals surface area contributed by atoms with Gasteiger partial charge in [-0.05, 0) is 90.6 Å². The molecule has 2 saturated carbocycles. The zero-order chi connectivity index (χ0) is 23.1. The molecular weight excluding hydrogens is 418 g/mol. The van der Waals surface area contributed by atoms with Gasteiger partial charge in [-0.25, -0.2) is 9.80 Å². The molecule has 3 saturated heterocycles. The van der Waals surface area contributed by atoms with E-state index in [0.29, 0.717) is 30.3 Å². The average molecular weight is 462 g/mol. The summed E-state index contributed by atoms with van der Waals surface area (Å²) in [6.07, 6.45) is 7.25. The van der Waals surface area contributed by atoms with E-state index in [1.165, 1.54) is 12.8 Å². The molecule has 186 valence electrons. The number of amides is 2. The largest absolute Gasteiger partial charge is 0.447 e. The maximum Gasteiger partial charge on any atom is 0.410 e. The minimum atomic E-state index is -0.202. The van der Waals surface area contributed by atoms with Crippen LogP contribution in [0.5, 0.6) is 0 Å². The summed E-state index contributed by atoms with van der Waals surface area (Å²) in [7, 11) is 0. The van der Waals surface area contributed by atoms with Crippen molar-refractivity contribution in [3.05, 3.63) is 0 Å². The maximum absolute atomic E-state index is 13.2. The van der Waals surface area contributed by atoms with Gasteiger partial charge in [-0.3, -0.25) is 10.2 Å². The molecule has 0 aromatic rings. The minimum Gasteiger partial charge on any atom is -0.447 e. The van der Waals surface area contributed by atoms with Gasteiger partial charge in [0.2, 0.25) is 5.91 Å². The van der Waals surface area contributed by atoms with Crippen molar-refractivity contribution < 1.29 is 14.3 Å². The van der Waals surface area contributed by atoms with E-state index >= 15 is 0 Å². The first-order valence-corrected chi connectivity index (χ1v) is 13.4. The molecule has 2 amide bonds. The molecule has 5 fully saturated rings. The monoisotopic (exact) mass is 461 g/mol. The summed E-state index contributed by atoms with van der Waals surface area (Å²) in [5, 5.41) is 5.96. The van der Waals surface area contributed by atoms with Gasteiger partial charge >= 0.3 is 6.09 Å². The van der Waals surface area contributed by atoms with E-state index in [-0.39, 0.29) is 36.2 Å². The van der Waals surface area contributed by atoms with Crippen molar-refractivity contribution in [3.8, 4) is 0 Å². The summed E-state index contributed by atoms with van der Waals surface area (Å²) in [5.41, 5.74) is 3.70. The van der Waals surface area contributed by atoms with E-state index in [1.54, 1.807) is 0 Å². The van der Waals surface area contributed by atoms with E-state index in [4.69, 9.17) is 4.74 Å². The normalized spacial score (nSPS) is 36.2. The molecule has 2 N–H and O–H groups in total. The lowest BCUT2D eigenvalue weighted by Gasteiger charge is -2.54. The number of ether oxygens (including phenoxy) is 1. The lowest BCUT2D eigenvalue weighted by atomic mass is 9.73. The van der Waals surface area contributed by atoms with Crippen molar-refractivity contribution in [1.82, 2.24) is 25.6 Å². The standard InChI is InChI=1S/C25H43N5O3/c1-16(2)33-25(32)28-14-17(3)30(24(31)18-4-5-18)22-7-6-19(12-23(22)28)20-13-27-29(15-20)21-8-10-26-11-9-21/h16-23,26-27H,4-15H2,1-3H3/t17-,19?,20?,22?,23?/m0/s1. The molecule has 5 atom stereocenters. The van der Waals surface area contributed by atoms with Crippen molar-refractivity contribution in [2.24, 2.45) is 17.8 Å². The fourth-order valence-corrected chi connectivity index (χ4v) is 6.81. The number of nitrogens with zero attached hydrogens (tertiary/aromatic N) is 3. The number of nitrogens with one attached hydrogen (secondary N) is 2. The van der Waals surface area contributed by atoms with Gasteiger partial charge in [-0.1, -0.05) is 0 Å². The fraction of sp³-hybridized carbons (Fsp3) is 0.920. The third kappa shape index (κ3) is 4.89. The fourth-order valence-electron chi connectivity index (χ4n) is 6.81. The van der Waals surface area contributed by atoms with Crippen LogP contribution in [0.4, 0.5) is 4.79 Å². The van der Waals surface area contributed by atoms with Crippen molar-refractivity contribution >= 4 is 12.0 Å². The molecule has 8 nitrogen and oxygen atoms in total. The van der Waals surface area contributed by atoms with E-state index < -0.39 is 0 Å². The Bertz CT molecular complexity index is 723. The van der Waals surface area contributed by atoms with Crippen LogP contribution in [0.15, 0.2) is 0 Å². The number of carbonyl (C=O) groups excluding carboxylic acids is 2. The van der Waals surface area contributed by atoms with Gasteiger partial charge < -0.3 is 19.9 Å². The second-order valence-electron chi connectivity index (χ2n) is 11.4. The van der Waals surface area contributed by atoms with Crippen LogP contribution in [0.1, 0.15) is 65.7 Å². The number of piperazine rings is 1. The van der Waals surface area contributed by atoms with Gasteiger partial charge in [0.25, 0.3) is 0 Å². The van der Waals surface area contributed by atoms with Gasteiger partial charge in [-0.15, -0.1) is 0 Å². The predicted octanol–water partition coefficient (Wildman–Crippen LogP) is 2.20. The number of piperidine rings is 1. The highest BCUT2D eigenvalue weighted by Gasteiger charge is 2.51. The molecule has 3 aliphatic heterocycles. The highest BCUT2D eigenvalue weighted by molar-refractivity contribution is 5.82. The van der Waals surface area contributed by atoms with Crippen LogP contribution < -0.4 is 10.7 Å². The van der Waals surface area contributed by atoms with Crippen molar-refractivity contribution in [2.45, 2.75) is 96.0 Å². The Morgan fingerprint density at radius 3 is 2.39 bits per heavy atom. The van der Waals surface area contributed by atoms with Gasteiger partial charge in [-0.2, -0.15) is 0 Å². The first kappa shape index (κ1) is 23.4. The Balaban J connectivity index is 1.29. The van der Waals surface area contributed by atoms with Crippen molar-refractivity contribution in [2.75, 3.05) is 32.7 Å². The Hall–Kier alpha value is -1.38. The zero-order valence-electron chi connectivity index (χ0n) is 20.7. The van der Waals surface area contributed by atoms with Crippen molar-refractivity contribution in [1.29, 1.82) is 0 Å². The molecule has 4 unspecified atom stereocenters. The van der Waals surface area contributed by atoms with E-state index in [2.05, 4.69) is 27.6 Å². The van der Waals surface area contributed by atoms with Crippen LogP contribution in [0, 0.1) is 17.8 Å². The van der Waals surface area contributed by atoms with Crippen molar-refractivity contribution in [3.63, 3.8) is 0 Å². The third-order valence-electron chi connectivity index (χ3n) is 8.67. The maximum atomic E-state index is 13.2. The van der Waals surface area contributed by atoms with Crippen LogP contribution in [-0.4, -0.2) is 89.8 Å². The smallest absolute Gasteiger partial charge is 0.410 e. The van der Waals surface area contributed by atoms with E-state index in [1.807, 2.05) is 18.7 Å². The quantitative estimate of drug-likeness (QED) is 0.669. The van der Waals surface area contributed by atoms with Gasteiger partial charge in [0.05, 0.1) is 18.2 Å². The molecule has 3 heterocycles. The molecule has 2 aliphatic carbocycles. The van der Waals surface area contributed by atoms with Gasteiger partial charge in [0.1, 0.15) is 0 Å². The number of hydrogen-bond acceptors (Lipinski definition) is 6. The molecule has 8 heteroatoms. The first-order valence-electron chi connectivity index (χ1n) is 13.4. The molecule has 0 bridgehead atoms. The van der Waals surface area contributed by atoms with Crippen LogP contribution in [0.25, 0.3) is 0 Å². The molecular formula is C25H43N5O3. The summed E-state index contributed by atoms with van der Waals surface area (Å²) in [4.78, 5) is 30.4. The molecule has 5 rings (SSSR count). The number of rotatable bonds is 4. The van der Waals surface area contributed by atoms with Crippen LogP contribution in [0.3, 0.4) is 0 Å². The molecule has 0 spiro atoms. The Kier molecular flexibility index (Phi) is 6.87. The number of fused-ring (bicyclic) bond motifs is 1. The molecule has 0 aromatic heterocycles. The van der Waals surface area contributed by atoms with Gasteiger partial charge in [0, 0.05) is 37.6 Å². The summed E-state index contributed by atoms with van der Waals surface area (Å²) in [6, 6.07) is 0.890. The number of carbonyl (C=O) groups is 2. The minimum absolute atomic E-state index is 0.0548. The Morgan fingerprint density at radius 1 is 0.939 bits per heavy atom. The van der Waals surface area contributed by atoms with Crippen LogP contribution >= 0.6 is 0 Å². The second-order valence-corrected chi connectivity index (χ2v) is 11.4. The lowest BCUT2D eigenvalue weighted by Crippen LogP contribution is -2.67. The summed E-state index contributed by atoms with van der Waals surface area (Å²) >= 11 is 0. The van der Waals surface area contributed by atoms with Crippen LogP contribution in [0.2, 0.25) is 0 Å². The summed E-state index contributed by atoms with van der Waals surface area (Å²) < 4.78 is 5.66. The lowest BCUT2D eigenvalue weighted by molar-refractivity contribution is -0.146. The molecule has 0 aromatic carbocycles. The average Bonchev–Trinajstić information content (AvgIpc) is 3.54. The zero-order valence-corrected chi connectivity index (χ0v) is 20.7. The summed E-state index contributed by atoms with van der Waals surface area (Å²) in [5.74, 6) is 1.73.